The molecule has 3 atom stereocenters. The molecule has 0 aromatic heterocycles. The van der Waals surface area contributed by atoms with Gasteiger partial charge in [-0.15, -0.1) is 0 Å². The van der Waals surface area contributed by atoms with Gasteiger partial charge in [0.25, 0.3) is 0 Å². The van der Waals surface area contributed by atoms with E-state index in [0.29, 0.717) is 24.9 Å². The van der Waals surface area contributed by atoms with E-state index in [1.54, 1.807) is 0 Å². The number of methoxy groups -OCH3 is 1. The number of carbonyl (C=O) groups excluding carboxylic acids is 3. The normalized spacial score (nSPS) is 19.8. The minimum Gasteiger partial charge on any atom is -0.480 e. The number of hydrogen-bond acceptors (Lipinski definition) is 6. The molecule has 8 nitrogen and oxygen atoms in total. The summed E-state index contributed by atoms with van der Waals surface area (Å²) in [5, 5.41) is 11.5. The highest BCUT2D eigenvalue weighted by atomic mass is 32.2. The van der Waals surface area contributed by atoms with Crippen LogP contribution in [0.4, 0.5) is 5.69 Å². The third-order valence-corrected chi connectivity index (χ3v) is 7.15. The van der Waals surface area contributed by atoms with Crippen molar-refractivity contribution in [3.8, 4) is 0 Å². The van der Waals surface area contributed by atoms with E-state index in [-0.39, 0.29) is 18.1 Å². The van der Waals surface area contributed by atoms with Crippen LogP contribution in [0.25, 0.3) is 0 Å². The van der Waals surface area contributed by atoms with Gasteiger partial charge in [-0.1, -0.05) is 60.3 Å². The number of ether oxygens (including phenoxy) is 1. The quantitative estimate of drug-likeness (QED) is 0.592. The fourth-order valence-corrected chi connectivity index (χ4v) is 5.51. The van der Waals surface area contributed by atoms with E-state index in [2.05, 4.69) is 5.32 Å². The third kappa shape index (κ3) is 5.00. The van der Waals surface area contributed by atoms with Crippen molar-refractivity contribution in [2.75, 3.05) is 18.6 Å². The molecular formula is C25H26N2O6S. The summed E-state index contributed by atoms with van der Waals surface area (Å²) in [4.78, 5) is 52.3. The molecule has 0 bridgehead atoms. The molecule has 2 N–H and O–H groups in total. The molecule has 9 heteroatoms. The van der Waals surface area contributed by atoms with Crippen LogP contribution in [0.15, 0.2) is 48.5 Å². The second kappa shape index (κ2) is 10.4. The highest BCUT2D eigenvalue weighted by Gasteiger charge is 2.44. The van der Waals surface area contributed by atoms with Gasteiger partial charge in [-0.3, -0.25) is 19.3 Å². The van der Waals surface area contributed by atoms with Crippen LogP contribution in [-0.2, 0) is 43.2 Å². The molecule has 2 amide bonds. The van der Waals surface area contributed by atoms with Crippen molar-refractivity contribution in [1.29, 1.82) is 0 Å². The maximum atomic E-state index is 13.5. The average molecular weight is 483 g/mol. The zero-order valence-corrected chi connectivity index (χ0v) is 19.5. The van der Waals surface area contributed by atoms with Crippen molar-refractivity contribution < 1.29 is 29.0 Å². The number of carboxylic acids is 1. The first-order valence-corrected chi connectivity index (χ1v) is 12.0. The molecule has 2 aliphatic rings. The fourth-order valence-electron chi connectivity index (χ4n) is 4.55. The maximum absolute atomic E-state index is 13.5. The fraction of sp³-hybridized carbons (Fsp3) is 0.360. The van der Waals surface area contributed by atoms with Gasteiger partial charge in [0.2, 0.25) is 16.9 Å². The molecule has 0 spiro atoms. The molecule has 1 unspecified atom stereocenters. The number of benzene rings is 2. The van der Waals surface area contributed by atoms with Crippen molar-refractivity contribution in [2.24, 2.45) is 0 Å². The first-order chi connectivity index (χ1) is 16.4. The van der Waals surface area contributed by atoms with Crippen molar-refractivity contribution in [1.82, 2.24) is 5.32 Å². The Kier molecular flexibility index (Phi) is 7.33. The van der Waals surface area contributed by atoms with Crippen LogP contribution < -0.4 is 10.2 Å². The Labute approximate surface area is 201 Å². The molecule has 0 fully saturated rings. The van der Waals surface area contributed by atoms with Gasteiger partial charge in [-0.05, 0) is 36.0 Å². The van der Waals surface area contributed by atoms with Crippen molar-refractivity contribution in [2.45, 2.75) is 43.0 Å². The van der Waals surface area contributed by atoms with Crippen molar-refractivity contribution in [3.63, 3.8) is 0 Å². The first-order valence-electron chi connectivity index (χ1n) is 11.1. The third-order valence-electron chi connectivity index (χ3n) is 6.10. The zero-order chi connectivity index (χ0) is 24.2. The smallest absolute Gasteiger partial charge is 0.327 e. The zero-order valence-electron chi connectivity index (χ0n) is 18.7. The number of rotatable bonds is 8. The largest absolute Gasteiger partial charge is 0.480 e. The first kappa shape index (κ1) is 24.0. The predicted octanol–water partition coefficient (Wildman–Crippen LogP) is 1.98. The standard InChI is InChI=1S/C25H26N2O6S/c1-33-14-21(28)34-20(12-15-6-3-2-4-7-15)23(29)26-18-11-10-16-8-5-9-17-13-19(25(31)32)27(22(16)17)24(18)30/h2-9,18-20H,10-14H2,1H3,(H,26,29)(H,31,32)/t18?,19-,20-/m0/s1. The molecule has 0 aliphatic carbocycles. The van der Waals surface area contributed by atoms with E-state index in [1.807, 2.05) is 48.5 Å². The Morgan fingerprint density at radius 3 is 2.59 bits per heavy atom. The summed E-state index contributed by atoms with van der Waals surface area (Å²) >= 11 is 0.882. The Hall–Kier alpha value is -3.17. The number of thioether (sulfide) groups is 1. The van der Waals surface area contributed by atoms with Crippen LogP contribution in [0.3, 0.4) is 0 Å². The van der Waals surface area contributed by atoms with E-state index in [9.17, 15) is 24.3 Å². The van der Waals surface area contributed by atoms with Gasteiger partial charge < -0.3 is 15.2 Å². The van der Waals surface area contributed by atoms with E-state index < -0.39 is 35.1 Å². The number of para-hydroxylation sites is 1. The SMILES string of the molecule is COCC(=O)S[C@@H](Cc1ccccc1)C(=O)NC1CCc2cccc3c2N(C1=O)[C@H](C(=O)O)C3. The van der Waals surface area contributed by atoms with Crippen molar-refractivity contribution >= 4 is 40.3 Å². The summed E-state index contributed by atoms with van der Waals surface area (Å²) in [7, 11) is 1.41. The predicted molar refractivity (Wildman–Crippen MR) is 128 cm³/mol. The molecule has 34 heavy (non-hydrogen) atoms. The molecule has 0 saturated heterocycles. The number of nitrogens with one attached hydrogen (secondary N) is 1. The second-order valence-electron chi connectivity index (χ2n) is 8.39. The molecule has 2 aromatic rings. The average Bonchev–Trinajstić information content (AvgIpc) is 3.16. The summed E-state index contributed by atoms with van der Waals surface area (Å²) in [5.74, 6) is -1.95. The number of hydrogen-bond donors (Lipinski definition) is 2. The monoisotopic (exact) mass is 482 g/mol. The lowest BCUT2D eigenvalue weighted by molar-refractivity contribution is -0.140. The van der Waals surface area contributed by atoms with Gasteiger partial charge in [0.1, 0.15) is 18.7 Å². The topological polar surface area (TPSA) is 113 Å². The van der Waals surface area contributed by atoms with Crippen LogP contribution in [0.1, 0.15) is 23.1 Å². The Morgan fingerprint density at radius 2 is 1.88 bits per heavy atom. The van der Waals surface area contributed by atoms with E-state index in [0.717, 1.165) is 28.5 Å². The number of aryl methyl sites for hydroxylation is 1. The lowest BCUT2D eigenvalue weighted by Crippen LogP contribution is -2.53. The number of carboxylic acid groups (broad SMARTS) is 1. The van der Waals surface area contributed by atoms with Gasteiger partial charge in [-0.25, -0.2) is 4.79 Å². The lowest BCUT2D eigenvalue weighted by Gasteiger charge is -2.27. The van der Waals surface area contributed by atoms with Crippen LogP contribution in [0.2, 0.25) is 0 Å². The minimum absolute atomic E-state index is 0.127. The van der Waals surface area contributed by atoms with Gasteiger partial charge in [-0.2, -0.15) is 0 Å². The molecular weight excluding hydrogens is 456 g/mol. The molecule has 2 heterocycles. The van der Waals surface area contributed by atoms with E-state index in [4.69, 9.17) is 4.74 Å². The molecule has 4 rings (SSSR count). The van der Waals surface area contributed by atoms with Gasteiger partial charge in [0, 0.05) is 13.5 Å². The highest BCUT2D eigenvalue weighted by Crippen LogP contribution is 2.39. The van der Waals surface area contributed by atoms with Crippen LogP contribution >= 0.6 is 11.8 Å². The summed E-state index contributed by atoms with van der Waals surface area (Å²) in [5.41, 5.74) is 3.27. The van der Waals surface area contributed by atoms with Crippen LogP contribution in [0.5, 0.6) is 0 Å². The number of anilines is 1. The molecule has 178 valence electrons. The number of aliphatic carboxylic acids is 1. The van der Waals surface area contributed by atoms with Gasteiger partial charge in [0.05, 0.1) is 10.9 Å². The summed E-state index contributed by atoms with van der Waals surface area (Å²) in [6.07, 6.45) is 1.42. The lowest BCUT2D eigenvalue weighted by atomic mass is 10.0. The maximum Gasteiger partial charge on any atom is 0.327 e. The molecule has 2 aromatic carbocycles. The Bertz CT molecular complexity index is 1110. The Morgan fingerprint density at radius 1 is 1.15 bits per heavy atom. The Balaban J connectivity index is 1.56. The van der Waals surface area contributed by atoms with E-state index >= 15 is 0 Å². The number of amides is 2. The van der Waals surface area contributed by atoms with Gasteiger partial charge in [0.15, 0.2) is 0 Å². The summed E-state index contributed by atoms with van der Waals surface area (Å²) in [6, 6.07) is 13.0. The van der Waals surface area contributed by atoms with Crippen molar-refractivity contribution in [3.05, 3.63) is 65.2 Å². The van der Waals surface area contributed by atoms with Gasteiger partial charge >= 0.3 is 5.97 Å². The van der Waals surface area contributed by atoms with E-state index in [1.165, 1.54) is 12.0 Å². The van der Waals surface area contributed by atoms with Crippen LogP contribution in [0, 0.1) is 0 Å². The molecule has 0 saturated carbocycles. The molecule has 0 radical (unpaired) electrons. The van der Waals surface area contributed by atoms with Crippen LogP contribution in [-0.4, -0.2) is 59.1 Å². The molecule has 2 aliphatic heterocycles. The summed E-state index contributed by atoms with van der Waals surface area (Å²) < 4.78 is 4.90. The highest BCUT2D eigenvalue weighted by molar-refractivity contribution is 8.14. The number of carbonyl (C=O) groups is 4. The summed E-state index contributed by atoms with van der Waals surface area (Å²) in [6.45, 7) is -0.127. The minimum atomic E-state index is -1.08. The second-order valence-corrected chi connectivity index (χ2v) is 9.65. The number of nitrogens with zero attached hydrogens (tertiary/aromatic N) is 1.